The van der Waals surface area contributed by atoms with Gasteiger partial charge in [0.05, 0.1) is 11.7 Å². The molecule has 0 saturated carbocycles. The number of halogens is 2. The first kappa shape index (κ1) is 22.6. The molecule has 4 rings (SSSR count). The van der Waals surface area contributed by atoms with Crippen LogP contribution in [0.1, 0.15) is 42.4 Å². The number of benzene rings is 2. The number of amides is 1. The minimum Gasteiger partial charge on any atom is -0.370 e. The predicted molar refractivity (Wildman–Crippen MR) is 121 cm³/mol. The highest BCUT2D eigenvalue weighted by molar-refractivity contribution is 5.91. The van der Waals surface area contributed by atoms with Crippen molar-refractivity contribution in [3.63, 3.8) is 0 Å². The first-order valence-electron chi connectivity index (χ1n) is 11.3. The van der Waals surface area contributed by atoms with Gasteiger partial charge in [-0.25, -0.2) is 8.78 Å². The molecule has 2 aliphatic rings. The van der Waals surface area contributed by atoms with Crippen molar-refractivity contribution in [2.45, 2.75) is 50.9 Å². The highest BCUT2D eigenvalue weighted by Gasteiger charge is 2.42. The molecule has 1 amide bonds. The van der Waals surface area contributed by atoms with Gasteiger partial charge >= 0.3 is 0 Å². The second kappa shape index (κ2) is 9.92. The minimum atomic E-state index is -0.929. The van der Waals surface area contributed by atoms with Gasteiger partial charge in [-0.05, 0) is 67.5 Å². The molecule has 6 heteroatoms. The smallest absolute Gasteiger partial charge is 0.244 e. The van der Waals surface area contributed by atoms with Crippen LogP contribution in [0.25, 0.3) is 6.08 Å². The lowest BCUT2D eigenvalue weighted by Crippen LogP contribution is -2.44. The Kier molecular flexibility index (Phi) is 7.01. The average molecular weight is 441 g/mol. The summed E-state index contributed by atoms with van der Waals surface area (Å²) in [5.41, 5.74) is 3.08. The summed E-state index contributed by atoms with van der Waals surface area (Å²) >= 11 is 0. The number of nitrogens with one attached hydrogen (secondary N) is 1. The summed E-state index contributed by atoms with van der Waals surface area (Å²) < 4.78 is 32.6. The molecule has 170 valence electrons. The molecule has 32 heavy (non-hydrogen) atoms. The number of carbonyl (C=O) groups excluding carboxylic acids is 1. The first-order valence-corrected chi connectivity index (χ1v) is 11.3. The molecule has 0 bridgehead atoms. The van der Waals surface area contributed by atoms with Crippen LogP contribution in [0.2, 0.25) is 0 Å². The number of hydrogen-bond donors (Lipinski definition) is 1. The van der Waals surface area contributed by atoms with Crippen molar-refractivity contribution in [1.82, 2.24) is 10.2 Å². The summed E-state index contributed by atoms with van der Waals surface area (Å²) in [4.78, 5) is 14.6. The maximum absolute atomic E-state index is 13.3. The van der Waals surface area contributed by atoms with Crippen LogP contribution >= 0.6 is 0 Å². The summed E-state index contributed by atoms with van der Waals surface area (Å²) in [6.07, 6.45) is 6.80. The quantitative estimate of drug-likeness (QED) is 0.667. The van der Waals surface area contributed by atoms with E-state index in [2.05, 4.69) is 41.4 Å². The zero-order chi connectivity index (χ0) is 22.6. The third-order valence-electron chi connectivity index (χ3n) is 6.64. The Hall–Kier alpha value is -2.57. The van der Waals surface area contributed by atoms with E-state index in [0.717, 1.165) is 57.5 Å². The molecule has 4 nitrogen and oxygen atoms in total. The Morgan fingerprint density at radius 1 is 1.16 bits per heavy atom. The lowest BCUT2D eigenvalue weighted by Gasteiger charge is -2.39. The first-order chi connectivity index (χ1) is 15.4. The Labute approximate surface area is 188 Å². The number of aryl methyl sites for hydroxylation is 1. The number of hydrogen-bond acceptors (Lipinski definition) is 3. The Bertz CT molecular complexity index is 984. The summed E-state index contributed by atoms with van der Waals surface area (Å²) in [7, 11) is 0. The van der Waals surface area contributed by atoms with E-state index in [1.807, 2.05) is 0 Å². The number of likely N-dealkylation sites (tertiary alicyclic amines) is 1. The van der Waals surface area contributed by atoms with E-state index in [-0.39, 0.29) is 17.6 Å². The van der Waals surface area contributed by atoms with Crippen LogP contribution in [0.15, 0.2) is 48.5 Å². The molecule has 1 N–H and O–H groups in total. The van der Waals surface area contributed by atoms with Crippen LogP contribution in [0.5, 0.6) is 0 Å². The highest BCUT2D eigenvalue weighted by Crippen LogP contribution is 2.39. The van der Waals surface area contributed by atoms with Crippen LogP contribution in [0, 0.1) is 18.6 Å². The molecule has 2 aliphatic heterocycles. The van der Waals surface area contributed by atoms with E-state index in [1.165, 1.54) is 29.3 Å². The number of nitrogens with zero attached hydrogens (tertiary/aromatic N) is 1. The minimum absolute atomic E-state index is 0.0125. The molecular formula is C26H30F2N2O2. The monoisotopic (exact) mass is 440 g/mol. The van der Waals surface area contributed by atoms with Gasteiger partial charge < -0.3 is 10.1 Å². The van der Waals surface area contributed by atoms with Gasteiger partial charge in [0.15, 0.2) is 11.6 Å². The topological polar surface area (TPSA) is 41.6 Å². The fourth-order valence-corrected chi connectivity index (χ4v) is 4.62. The molecule has 2 heterocycles. The molecule has 0 aliphatic carbocycles. The molecular weight excluding hydrogens is 410 g/mol. The van der Waals surface area contributed by atoms with Crippen molar-refractivity contribution < 1.29 is 18.3 Å². The van der Waals surface area contributed by atoms with Crippen LogP contribution in [-0.2, 0) is 16.1 Å². The molecule has 1 spiro atoms. The normalized spacial score (nSPS) is 20.8. The molecule has 0 unspecified atom stereocenters. The average Bonchev–Trinajstić information content (AvgIpc) is 3.19. The van der Waals surface area contributed by atoms with Crippen molar-refractivity contribution in [2.24, 2.45) is 0 Å². The van der Waals surface area contributed by atoms with Crippen molar-refractivity contribution in [3.05, 3.63) is 76.9 Å². The van der Waals surface area contributed by atoms with Crippen molar-refractivity contribution in [3.8, 4) is 0 Å². The van der Waals surface area contributed by atoms with Gasteiger partial charge in [-0.2, -0.15) is 0 Å². The number of rotatable bonds is 6. The third-order valence-corrected chi connectivity index (χ3v) is 6.64. The van der Waals surface area contributed by atoms with Gasteiger partial charge in [-0.3, -0.25) is 9.69 Å². The van der Waals surface area contributed by atoms with Crippen molar-refractivity contribution in [1.29, 1.82) is 0 Å². The highest BCUT2D eigenvalue weighted by atomic mass is 19.2. The van der Waals surface area contributed by atoms with Crippen molar-refractivity contribution in [2.75, 3.05) is 19.6 Å². The fourth-order valence-electron chi connectivity index (χ4n) is 4.62. The van der Waals surface area contributed by atoms with Crippen LogP contribution < -0.4 is 5.32 Å². The molecule has 2 saturated heterocycles. The predicted octanol–water partition coefficient (Wildman–Crippen LogP) is 4.62. The Morgan fingerprint density at radius 2 is 1.94 bits per heavy atom. The second-order valence-electron chi connectivity index (χ2n) is 8.92. The van der Waals surface area contributed by atoms with E-state index in [1.54, 1.807) is 0 Å². The lowest BCUT2D eigenvalue weighted by atomic mass is 9.88. The maximum Gasteiger partial charge on any atom is 0.244 e. The van der Waals surface area contributed by atoms with E-state index in [9.17, 15) is 13.6 Å². The van der Waals surface area contributed by atoms with E-state index < -0.39 is 11.6 Å². The van der Waals surface area contributed by atoms with Crippen molar-refractivity contribution >= 4 is 12.0 Å². The molecule has 0 aromatic heterocycles. The lowest BCUT2D eigenvalue weighted by molar-refractivity contribution is -0.118. The third kappa shape index (κ3) is 5.61. The van der Waals surface area contributed by atoms with Gasteiger partial charge in [-0.1, -0.05) is 30.3 Å². The number of carbonyl (C=O) groups is 1. The second-order valence-corrected chi connectivity index (χ2v) is 8.92. The van der Waals surface area contributed by atoms with Crippen LogP contribution in [0.4, 0.5) is 8.78 Å². The van der Waals surface area contributed by atoms with E-state index in [0.29, 0.717) is 12.1 Å². The van der Waals surface area contributed by atoms with Gasteiger partial charge in [-0.15, -0.1) is 0 Å². The standard InChI is InChI=1S/C26H30F2N2O2/c1-19-4-2-3-5-21(19)18-30-14-12-26(13-15-30)11-10-22(32-26)17-29-25(31)9-7-20-6-8-23(27)24(28)16-20/h2-9,16,22H,10-15,17-18H2,1H3,(H,29,31)/b9-7+/t22-/m0/s1. The molecule has 2 fully saturated rings. The largest absolute Gasteiger partial charge is 0.370 e. The SMILES string of the molecule is Cc1ccccc1CN1CCC2(CC[C@@H](CNC(=O)/C=C/c3ccc(F)c(F)c3)O2)CC1. The summed E-state index contributed by atoms with van der Waals surface area (Å²) in [5, 5.41) is 2.86. The summed E-state index contributed by atoms with van der Waals surface area (Å²) in [6, 6.07) is 12.1. The maximum atomic E-state index is 13.3. The number of ether oxygens (including phenoxy) is 1. The van der Waals surface area contributed by atoms with Gasteiger partial charge in [0.25, 0.3) is 0 Å². The van der Waals surface area contributed by atoms with Crippen LogP contribution in [0.3, 0.4) is 0 Å². The van der Waals surface area contributed by atoms with Gasteiger partial charge in [0.2, 0.25) is 5.91 Å². The number of piperidine rings is 1. The molecule has 1 atom stereocenters. The summed E-state index contributed by atoms with van der Waals surface area (Å²) in [6.45, 7) is 5.63. The molecule has 2 aromatic rings. The zero-order valence-electron chi connectivity index (χ0n) is 18.4. The molecule has 0 radical (unpaired) electrons. The Balaban J connectivity index is 1.21. The Morgan fingerprint density at radius 3 is 2.69 bits per heavy atom. The molecule has 2 aromatic carbocycles. The zero-order valence-corrected chi connectivity index (χ0v) is 18.4. The van der Waals surface area contributed by atoms with Gasteiger partial charge in [0.1, 0.15) is 0 Å². The van der Waals surface area contributed by atoms with Crippen LogP contribution in [-0.4, -0.2) is 42.1 Å². The summed E-state index contributed by atoms with van der Waals surface area (Å²) in [5.74, 6) is -2.10. The fraction of sp³-hybridized carbons (Fsp3) is 0.423. The van der Waals surface area contributed by atoms with E-state index >= 15 is 0 Å². The van der Waals surface area contributed by atoms with E-state index in [4.69, 9.17) is 4.74 Å². The van der Waals surface area contributed by atoms with Gasteiger partial charge in [0, 0.05) is 32.3 Å².